The molecule has 0 radical (unpaired) electrons. The fraction of sp³-hybridized carbons (Fsp3) is 0.308. The molecule has 3 aromatic carbocycles. The van der Waals surface area contributed by atoms with Crippen molar-refractivity contribution in [2.45, 2.75) is 45.2 Å². The minimum atomic E-state index is 0.0354. The lowest BCUT2D eigenvalue weighted by atomic mass is 9.88. The highest BCUT2D eigenvalue weighted by Crippen LogP contribution is 2.42. The summed E-state index contributed by atoms with van der Waals surface area (Å²) < 4.78 is 0. The van der Waals surface area contributed by atoms with Crippen molar-refractivity contribution >= 4 is 10.8 Å². The highest BCUT2D eigenvalue weighted by atomic mass is 16.3. The van der Waals surface area contributed by atoms with Gasteiger partial charge in [-0.2, -0.15) is 0 Å². The first-order valence-corrected chi connectivity index (χ1v) is 10.3. The first-order valence-electron chi connectivity index (χ1n) is 10.3. The van der Waals surface area contributed by atoms with Crippen molar-refractivity contribution in [2.24, 2.45) is 0 Å². The minimum absolute atomic E-state index is 0.0354. The van der Waals surface area contributed by atoms with Gasteiger partial charge in [0.1, 0.15) is 5.75 Å². The predicted molar refractivity (Wildman–Crippen MR) is 118 cm³/mol. The summed E-state index contributed by atoms with van der Waals surface area (Å²) in [7, 11) is 0. The summed E-state index contributed by atoms with van der Waals surface area (Å²) in [4.78, 5) is 2.59. The summed E-state index contributed by atoms with van der Waals surface area (Å²) in [5.74, 6) is 0.383. The maximum Gasteiger partial charge on any atom is 0.121 e. The maximum absolute atomic E-state index is 11.0. The van der Waals surface area contributed by atoms with Crippen LogP contribution in [0.15, 0.2) is 78.4 Å². The molecule has 1 saturated heterocycles. The van der Waals surface area contributed by atoms with Crippen LogP contribution in [0.25, 0.3) is 10.8 Å². The number of phenols is 1. The lowest BCUT2D eigenvalue weighted by Gasteiger charge is -2.41. The zero-order valence-electron chi connectivity index (χ0n) is 16.8. The molecule has 0 aromatic heterocycles. The molecule has 0 unspecified atom stereocenters. The van der Waals surface area contributed by atoms with E-state index in [-0.39, 0.29) is 6.04 Å². The third-order valence-electron chi connectivity index (χ3n) is 5.79. The van der Waals surface area contributed by atoms with Crippen molar-refractivity contribution in [3.63, 3.8) is 0 Å². The Morgan fingerprint density at radius 2 is 1.71 bits per heavy atom. The summed E-state index contributed by atoms with van der Waals surface area (Å²) in [5.41, 5.74) is 3.62. The SMILES string of the molecule is CC(C)=C[C@@H]1CCCCN1[C@H](c1ccccc1)c1c(O)ccc2ccccc12. The molecule has 1 N–H and O–H groups in total. The molecule has 4 rings (SSSR count). The molecule has 0 aliphatic carbocycles. The van der Waals surface area contributed by atoms with Crippen molar-refractivity contribution in [1.29, 1.82) is 0 Å². The molecular weight excluding hydrogens is 342 g/mol. The van der Waals surface area contributed by atoms with Gasteiger partial charge in [-0.1, -0.05) is 78.7 Å². The Morgan fingerprint density at radius 3 is 2.50 bits per heavy atom. The van der Waals surface area contributed by atoms with E-state index < -0.39 is 0 Å². The summed E-state index contributed by atoms with van der Waals surface area (Å²) in [5, 5.41) is 13.3. The van der Waals surface area contributed by atoms with Crippen LogP contribution < -0.4 is 0 Å². The fourth-order valence-corrected chi connectivity index (χ4v) is 4.59. The van der Waals surface area contributed by atoms with Crippen LogP contribution in [-0.4, -0.2) is 22.6 Å². The van der Waals surface area contributed by atoms with Gasteiger partial charge in [-0.15, -0.1) is 0 Å². The van der Waals surface area contributed by atoms with E-state index in [1.807, 2.05) is 12.1 Å². The van der Waals surface area contributed by atoms with Crippen LogP contribution in [0, 0.1) is 0 Å². The van der Waals surface area contributed by atoms with Gasteiger partial charge in [0.15, 0.2) is 0 Å². The Kier molecular flexibility index (Phi) is 5.50. The number of rotatable bonds is 4. The Balaban J connectivity index is 1.93. The number of phenolic OH excluding ortho intramolecular Hbond substituents is 1. The Labute approximate surface area is 168 Å². The molecule has 1 aliphatic rings. The molecule has 144 valence electrons. The number of hydrogen-bond donors (Lipinski definition) is 1. The van der Waals surface area contributed by atoms with Gasteiger partial charge in [0.2, 0.25) is 0 Å². The number of fused-ring (bicyclic) bond motifs is 1. The molecule has 0 saturated carbocycles. The Morgan fingerprint density at radius 1 is 0.964 bits per heavy atom. The molecule has 2 atom stereocenters. The van der Waals surface area contributed by atoms with Gasteiger partial charge in [-0.25, -0.2) is 0 Å². The zero-order chi connectivity index (χ0) is 19.5. The number of hydrogen-bond acceptors (Lipinski definition) is 2. The number of aromatic hydroxyl groups is 1. The lowest BCUT2D eigenvalue weighted by molar-refractivity contribution is 0.141. The fourth-order valence-electron chi connectivity index (χ4n) is 4.59. The van der Waals surface area contributed by atoms with E-state index in [9.17, 15) is 5.11 Å². The molecular formula is C26H29NO. The molecule has 1 aliphatic heterocycles. The number of nitrogens with zero attached hydrogens (tertiary/aromatic N) is 1. The molecule has 1 fully saturated rings. The topological polar surface area (TPSA) is 23.5 Å². The standard InChI is InChI=1S/C26H29NO/c1-19(2)18-22-13-8-9-17-27(22)26(21-11-4-3-5-12-21)25-23-14-7-6-10-20(23)15-16-24(25)28/h3-7,10-12,14-16,18,22,26,28H,8-9,13,17H2,1-2H3/t22-,26+/m0/s1. The molecule has 0 amide bonds. The van der Waals surface area contributed by atoms with Crippen LogP contribution in [0.1, 0.15) is 50.3 Å². The van der Waals surface area contributed by atoms with Crippen LogP contribution in [0.3, 0.4) is 0 Å². The monoisotopic (exact) mass is 371 g/mol. The Hall–Kier alpha value is -2.58. The van der Waals surface area contributed by atoms with Gasteiger partial charge in [-0.05, 0) is 55.6 Å². The van der Waals surface area contributed by atoms with Crippen LogP contribution in [0.4, 0.5) is 0 Å². The van der Waals surface area contributed by atoms with Crippen LogP contribution >= 0.6 is 0 Å². The van der Waals surface area contributed by atoms with Crippen molar-refractivity contribution in [1.82, 2.24) is 4.90 Å². The molecule has 1 heterocycles. The molecule has 0 bridgehead atoms. The van der Waals surface area contributed by atoms with Crippen molar-refractivity contribution in [2.75, 3.05) is 6.54 Å². The van der Waals surface area contributed by atoms with E-state index in [1.165, 1.54) is 35.8 Å². The highest BCUT2D eigenvalue weighted by Gasteiger charge is 2.32. The van der Waals surface area contributed by atoms with E-state index in [4.69, 9.17) is 0 Å². The van der Waals surface area contributed by atoms with Gasteiger partial charge in [0.25, 0.3) is 0 Å². The molecule has 28 heavy (non-hydrogen) atoms. The van der Waals surface area contributed by atoms with Crippen molar-refractivity contribution in [3.05, 3.63) is 89.5 Å². The summed E-state index contributed by atoms with van der Waals surface area (Å²) >= 11 is 0. The van der Waals surface area contributed by atoms with Crippen LogP contribution in [-0.2, 0) is 0 Å². The number of benzene rings is 3. The van der Waals surface area contributed by atoms with Gasteiger partial charge < -0.3 is 5.11 Å². The first kappa shape index (κ1) is 18.8. The lowest BCUT2D eigenvalue weighted by Crippen LogP contribution is -2.41. The van der Waals surface area contributed by atoms with E-state index in [1.54, 1.807) is 0 Å². The first-order chi connectivity index (χ1) is 13.6. The second-order valence-corrected chi connectivity index (χ2v) is 8.08. The third-order valence-corrected chi connectivity index (χ3v) is 5.79. The normalized spacial score (nSPS) is 18.7. The second-order valence-electron chi connectivity index (χ2n) is 8.08. The zero-order valence-corrected chi connectivity index (χ0v) is 16.8. The second kappa shape index (κ2) is 8.20. The summed E-state index contributed by atoms with van der Waals surface area (Å²) in [6.45, 7) is 5.40. The largest absolute Gasteiger partial charge is 0.508 e. The van der Waals surface area contributed by atoms with E-state index >= 15 is 0 Å². The van der Waals surface area contributed by atoms with E-state index in [0.29, 0.717) is 11.8 Å². The van der Waals surface area contributed by atoms with Crippen LogP contribution in [0.2, 0.25) is 0 Å². The highest BCUT2D eigenvalue weighted by molar-refractivity contribution is 5.88. The third kappa shape index (κ3) is 3.70. The quantitative estimate of drug-likeness (QED) is 0.532. The summed E-state index contributed by atoms with van der Waals surface area (Å²) in [6, 6.07) is 23.3. The molecule has 2 nitrogen and oxygen atoms in total. The molecule has 2 heteroatoms. The van der Waals surface area contributed by atoms with Gasteiger partial charge in [0, 0.05) is 11.6 Å². The minimum Gasteiger partial charge on any atom is -0.508 e. The van der Waals surface area contributed by atoms with Gasteiger partial charge in [-0.3, -0.25) is 4.90 Å². The smallest absolute Gasteiger partial charge is 0.121 e. The molecule has 3 aromatic rings. The average molecular weight is 372 g/mol. The van der Waals surface area contributed by atoms with Crippen molar-refractivity contribution in [3.8, 4) is 5.75 Å². The number of piperidine rings is 1. The number of likely N-dealkylation sites (tertiary alicyclic amines) is 1. The summed E-state index contributed by atoms with van der Waals surface area (Å²) in [6.07, 6.45) is 6.02. The van der Waals surface area contributed by atoms with E-state index in [0.717, 1.165) is 17.5 Å². The van der Waals surface area contributed by atoms with E-state index in [2.05, 4.69) is 79.4 Å². The Bertz CT molecular complexity index is 972. The van der Waals surface area contributed by atoms with Crippen molar-refractivity contribution < 1.29 is 5.11 Å². The average Bonchev–Trinajstić information content (AvgIpc) is 2.71. The molecule has 0 spiro atoms. The van der Waals surface area contributed by atoms with Gasteiger partial charge in [0.05, 0.1) is 6.04 Å². The maximum atomic E-state index is 11.0. The van der Waals surface area contributed by atoms with Crippen LogP contribution in [0.5, 0.6) is 5.75 Å². The number of allylic oxidation sites excluding steroid dienone is 1. The predicted octanol–water partition coefficient (Wildman–Crippen LogP) is 6.46. The van der Waals surface area contributed by atoms with Gasteiger partial charge >= 0.3 is 0 Å².